The van der Waals surface area contributed by atoms with Crippen molar-refractivity contribution in [3.05, 3.63) is 0 Å². The maximum absolute atomic E-state index is 10.5. The second-order valence-electron chi connectivity index (χ2n) is 6.99. The molecule has 0 amide bonds. The quantitative estimate of drug-likeness (QED) is 0.820. The van der Waals surface area contributed by atoms with Crippen LogP contribution in [0, 0.1) is 17.3 Å². The summed E-state index contributed by atoms with van der Waals surface area (Å²) in [5.41, 5.74) is 0.445. The summed E-state index contributed by atoms with van der Waals surface area (Å²) < 4.78 is 0. The molecule has 1 saturated carbocycles. The Morgan fingerprint density at radius 2 is 1.78 bits per heavy atom. The summed E-state index contributed by atoms with van der Waals surface area (Å²) in [7, 11) is 2.04. The van der Waals surface area contributed by atoms with Gasteiger partial charge in [0.25, 0.3) is 0 Å². The van der Waals surface area contributed by atoms with E-state index in [2.05, 4.69) is 25.7 Å². The summed E-state index contributed by atoms with van der Waals surface area (Å²) in [6.45, 7) is 8.77. The Kier molecular flexibility index (Phi) is 5.64. The summed E-state index contributed by atoms with van der Waals surface area (Å²) in [5, 5.41) is 8.67. The molecule has 0 aliphatic heterocycles. The zero-order valence-corrected chi connectivity index (χ0v) is 12.4. The minimum Gasteiger partial charge on any atom is -0.481 e. The second kappa shape index (κ2) is 6.55. The van der Waals surface area contributed by atoms with Crippen LogP contribution in [0.5, 0.6) is 0 Å². The Morgan fingerprint density at radius 1 is 1.22 bits per heavy atom. The van der Waals surface area contributed by atoms with Gasteiger partial charge in [-0.3, -0.25) is 4.79 Å². The van der Waals surface area contributed by atoms with Gasteiger partial charge in [0.2, 0.25) is 0 Å². The summed E-state index contributed by atoms with van der Waals surface area (Å²) in [6.07, 6.45) is 5.54. The van der Waals surface area contributed by atoms with E-state index in [1.165, 1.54) is 25.7 Å². The van der Waals surface area contributed by atoms with Gasteiger partial charge in [-0.2, -0.15) is 0 Å². The Bertz CT molecular complexity index is 262. The first kappa shape index (κ1) is 15.5. The highest BCUT2D eigenvalue weighted by Gasteiger charge is 2.29. The largest absolute Gasteiger partial charge is 0.481 e. The first-order valence-corrected chi connectivity index (χ1v) is 7.19. The van der Waals surface area contributed by atoms with Gasteiger partial charge in [-0.1, -0.05) is 20.8 Å². The van der Waals surface area contributed by atoms with Crippen molar-refractivity contribution in [2.24, 2.45) is 17.3 Å². The minimum atomic E-state index is -0.696. The molecular formula is C15H29NO2. The average Bonchev–Trinajstić information content (AvgIpc) is 2.26. The molecule has 0 radical (unpaired) electrons. The molecule has 3 nitrogen and oxygen atoms in total. The van der Waals surface area contributed by atoms with Gasteiger partial charge in [-0.05, 0) is 50.0 Å². The van der Waals surface area contributed by atoms with Crippen LogP contribution in [-0.4, -0.2) is 36.1 Å². The van der Waals surface area contributed by atoms with Gasteiger partial charge in [0.05, 0.1) is 6.42 Å². The molecule has 0 aromatic carbocycles. The summed E-state index contributed by atoms with van der Waals surface area (Å²) in [6, 6.07) is 0. The highest BCUT2D eigenvalue weighted by molar-refractivity contribution is 5.66. The fourth-order valence-electron chi connectivity index (χ4n) is 3.03. The van der Waals surface area contributed by atoms with Crippen molar-refractivity contribution in [3.63, 3.8) is 0 Å². The van der Waals surface area contributed by atoms with E-state index in [0.717, 1.165) is 18.4 Å². The molecule has 1 aliphatic carbocycles. The molecule has 1 aliphatic rings. The molecule has 0 atom stereocenters. The lowest BCUT2D eigenvalue weighted by molar-refractivity contribution is -0.137. The van der Waals surface area contributed by atoms with Crippen LogP contribution in [0.1, 0.15) is 52.9 Å². The molecule has 1 fully saturated rings. The Balaban J connectivity index is 2.25. The zero-order valence-electron chi connectivity index (χ0n) is 12.4. The van der Waals surface area contributed by atoms with Crippen molar-refractivity contribution in [1.29, 1.82) is 0 Å². The third-order valence-corrected chi connectivity index (χ3v) is 4.35. The van der Waals surface area contributed by atoms with E-state index in [1.807, 2.05) is 7.05 Å². The van der Waals surface area contributed by atoms with Gasteiger partial charge >= 0.3 is 5.97 Å². The van der Waals surface area contributed by atoms with E-state index < -0.39 is 5.97 Å². The molecule has 0 spiro atoms. The average molecular weight is 255 g/mol. The van der Waals surface area contributed by atoms with Gasteiger partial charge in [-0.15, -0.1) is 0 Å². The predicted molar refractivity (Wildman–Crippen MR) is 74.7 cm³/mol. The molecule has 1 N–H and O–H groups in total. The standard InChI is InChI=1S/C15H29NO2/c1-15(2,3)13-7-5-12(6-8-13)11-16(4)10-9-14(17)18/h12-13H,5-11H2,1-4H3,(H,17,18). The van der Waals surface area contributed by atoms with Gasteiger partial charge < -0.3 is 10.0 Å². The SMILES string of the molecule is CN(CCC(=O)O)CC1CCC(C(C)(C)C)CC1. The van der Waals surface area contributed by atoms with Crippen molar-refractivity contribution < 1.29 is 9.90 Å². The van der Waals surface area contributed by atoms with E-state index in [-0.39, 0.29) is 6.42 Å². The van der Waals surface area contributed by atoms with Gasteiger partial charge in [0, 0.05) is 13.1 Å². The van der Waals surface area contributed by atoms with E-state index in [9.17, 15) is 4.79 Å². The number of carboxylic acid groups (broad SMARTS) is 1. The maximum atomic E-state index is 10.5. The lowest BCUT2D eigenvalue weighted by Gasteiger charge is -2.38. The van der Waals surface area contributed by atoms with Gasteiger partial charge in [-0.25, -0.2) is 0 Å². The fourth-order valence-corrected chi connectivity index (χ4v) is 3.03. The molecule has 106 valence electrons. The Hall–Kier alpha value is -0.570. The molecule has 0 unspecified atom stereocenters. The van der Waals surface area contributed by atoms with Crippen LogP contribution >= 0.6 is 0 Å². The fraction of sp³-hybridized carbons (Fsp3) is 0.933. The topological polar surface area (TPSA) is 40.5 Å². The number of carbonyl (C=O) groups is 1. The van der Waals surface area contributed by atoms with Gasteiger partial charge in [0.1, 0.15) is 0 Å². The van der Waals surface area contributed by atoms with Crippen molar-refractivity contribution in [3.8, 4) is 0 Å². The number of carboxylic acids is 1. The van der Waals surface area contributed by atoms with Crippen LogP contribution in [0.3, 0.4) is 0 Å². The molecule has 0 aromatic heterocycles. The Morgan fingerprint density at radius 3 is 2.22 bits per heavy atom. The number of rotatable bonds is 5. The molecule has 3 heteroatoms. The monoisotopic (exact) mass is 255 g/mol. The molecule has 0 saturated heterocycles. The van der Waals surface area contributed by atoms with Crippen molar-refractivity contribution in [2.75, 3.05) is 20.1 Å². The maximum Gasteiger partial charge on any atom is 0.304 e. The lowest BCUT2D eigenvalue weighted by atomic mass is 9.70. The number of hydrogen-bond acceptors (Lipinski definition) is 2. The van der Waals surface area contributed by atoms with Crippen molar-refractivity contribution >= 4 is 5.97 Å². The van der Waals surface area contributed by atoms with Crippen LogP contribution in [0.2, 0.25) is 0 Å². The lowest BCUT2D eigenvalue weighted by Crippen LogP contribution is -2.32. The van der Waals surface area contributed by atoms with Crippen LogP contribution in [0.4, 0.5) is 0 Å². The van der Waals surface area contributed by atoms with E-state index in [4.69, 9.17) is 5.11 Å². The number of aliphatic carboxylic acids is 1. The third-order valence-electron chi connectivity index (χ3n) is 4.35. The summed E-state index contributed by atoms with van der Waals surface area (Å²) >= 11 is 0. The predicted octanol–water partition coefficient (Wildman–Crippen LogP) is 3.25. The highest BCUT2D eigenvalue weighted by Crippen LogP contribution is 2.39. The van der Waals surface area contributed by atoms with Crippen molar-refractivity contribution in [2.45, 2.75) is 52.9 Å². The molecule has 1 rings (SSSR count). The second-order valence-corrected chi connectivity index (χ2v) is 6.99. The zero-order chi connectivity index (χ0) is 13.8. The minimum absolute atomic E-state index is 0.258. The third kappa shape index (κ3) is 5.38. The van der Waals surface area contributed by atoms with Crippen molar-refractivity contribution in [1.82, 2.24) is 4.90 Å². The molecule has 18 heavy (non-hydrogen) atoms. The first-order chi connectivity index (χ1) is 8.29. The van der Waals surface area contributed by atoms with Crippen LogP contribution in [0.25, 0.3) is 0 Å². The number of hydrogen-bond donors (Lipinski definition) is 1. The molecule has 0 heterocycles. The van der Waals surface area contributed by atoms with E-state index in [0.29, 0.717) is 12.0 Å². The van der Waals surface area contributed by atoms with Gasteiger partial charge in [0.15, 0.2) is 0 Å². The van der Waals surface area contributed by atoms with Crippen LogP contribution in [-0.2, 0) is 4.79 Å². The van der Waals surface area contributed by atoms with E-state index >= 15 is 0 Å². The number of nitrogens with zero attached hydrogens (tertiary/aromatic N) is 1. The summed E-state index contributed by atoms with van der Waals surface area (Å²) in [4.78, 5) is 12.7. The highest BCUT2D eigenvalue weighted by atomic mass is 16.4. The van der Waals surface area contributed by atoms with Crippen LogP contribution < -0.4 is 0 Å². The molecular weight excluding hydrogens is 226 g/mol. The van der Waals surface area contributed by atoms with E-state index in [1.54, 1.807) is 0 Å². The van der Waals surface area contributed by atoms with Crippen LogP contribution in [0.15, 0.2) is 0 Å². The molecule has 0 bridgehead atoms. The first-order valence-electron chi connectivity index (χ1n) is 7.19. The Labute approximate surface area is 112 Å². The normalized spacial score (nSPS) is 25.4. The smallest absolute Gasteiger partial charge is 0.304 e. The molecule has 0 aromatic rings. The summed E-state index contributed by atoms with van der Waals surface area (Å²) in [5.74, 6) is 0.929.